The normalized spacial score (nSPS) is 25.7. The molecule has 0 bridgehead atoms. The van der Waals surface area contributed by atoms with Crippen molar-refractivity contribution < 1.29 is 9.90 Å². The molecule has 2 fully saturated rings. The SMILES string of the molecule is CC(C)c1nc(C(=O)NC2C3CN(CC(C)(C)O)CC32)c2ccccn12. The van der Waals surface area contributed by atoms with E-state index in [-0.39, 0.29) is 17.9 Å². The maximum atomic E-state index is 12.8. The predicted molar refractivity (Wildman–Crippen MR) is 100 cm³/mol. The van der Waals surface area contributed by atoms with Crippen molar-refractivity contribution in [3.8, 4) is 0 Å². The molecule has 1 saturated carbocycles. The lowest BCUT2D eigenvalue weighted by Gasteiger charge is -2.27. The molecule has 2 aromatic heterocycles. The number of carbonyl (C=O) groups is 1. The molecule has 2 aromatic rings. The highest BCUT2D eigenvalue weighted by molar-refractivity contribution is 5.99. The zero-order valence-electron chi connectivity index (χ0n) is 15.9. The summed E-state index contributed by atoms with van der Waals surface area (Å²) in [5.74, 6) is 2.09. The number of carbonyl (C=O) groups excluding carboxylic acids is 1. The highest BCUT2D eigenvalue weighted by atomic mass is 16.3. The van der Waals surface area contributed by atoms with E-state index in [2.05, 4.69) is 29.0 Å². The van der Waals surface area contributed by atoms with E-state index in [1.165, 1.54) is 0 Å². The number of imidazole rings is 1. The zero-order chi connectivity index (χ0) is 18.6. The quantitative estimate of drug-likeness (QED) is 0.858. The van der Waals surface area contributed by atoms with Crippen molar-refractivity contribution in [2.24, 2.45) is 11.8 Å². The number of rotatable bonds is 5. The second-order valence-corrected chi connectivity index (χ2v) is 8.76. The first-order valence-electron chi connectivity index (χ1n) is 9.47. The summed E-state index contributed by atoms with van der Waals surface area (Å²) < 4.78 is 2.01. The number of aliphatic hydroxyl groups is 1. The Morgan fingerprint density at radius 1 is 1.35 bits per heavy atom. The Hall–Kier alpha value is -1.92. The minimum absolute atomic E-state index is 0.0750. The third-order valence-corrected chi connectivity index (χ3v) is 5.49. The molecule has 2 unspecified atom stereocenters. The molecule has 6 nitrogen and oxygen atoms in total. The first-order chi connectivity index (χ1) is 12.2. The van der Waals surface area contributed by atoms with Crippen LogP contribution >= 0.6 is 0 Å². The first kappa shape index (κ1) is 17.5. The minimum Gasteiger partial charge on any atom is -0.389 e. The second kappa shape index (κ2) is 6.06. The molecule has 3 heterocycles. The summed E-state index contributed by atoms with van der Waals surface area (Å²) in [6, 6.07) is 6.10. The van der Waals surface area contributed by atoms with Crippen molar-refractivity contribution in [2.45, 2.75) is 45.3 Å². The lowest BCUT2D eigenvalue weighted by Crippen LogP contribution is -2.41. The average molecular weight is 356 g/mol. The van der Waals surface area contributed by atoms with Crippen molar-refractivity contribution in [3.05, 3.63) is 35.9 Å². The van der Waals surface area contributed by atoms with Crippen LogP contribution in [0.15, 0.2) is 24.4 Å². The largest absolute Gasteiger partial charge is 0.389 e. The van der Waals surface area contributed by atoms with Gasteiger partial charge in [0, 0.05) is 37.8 Å². The van der Waals surface area contributed by atoms with Crippen LogP contribution in [0, 0.1) is 11.8 Å². The fraction of sp³-hybridized carbons (Fsp3) is 0.600. The number of piperidine rings is 1. The van der Waals surface area contributed by atoms with E-state index >= 15 is 0 Å². The molecule has 1 aliphatic carbocycles. The fourth-order valence-corrected chi connectivity index (χ4v) is 4.36. The predicted octanol–water partition coefficient (Wildman–Crippen LogP) is 1.89. The Morgan fingerprint density at radius 3 is 2.65 bits per heavy atom. The van der Waals surface area contributed by atoms with Crippen LogP contribution in [0.4, 0.5) is 0 Å². The lowest BCUT2D eigenvalue weighted by molar-refractivity contribution is 0.0393. The number of fused-ring (bicyclic) bond motifs is 2. The van der Waals surface area contributed by atoms with Gasteiger partial charge < -0.3 is 14.8 Å². The van der Waals surface area contributed by atoms with Crippen LogP contribution < -0.4 is 5.32 Å². The molecule has 1 saturated heterocycles. The smallest absolute Gasteiger partial charge is 0.272 e. The molecule has 6 heteroatoms. The highest BCUT2D eigenvalue weighted by Crippen LogP contribution is 2.45. The molecule has 2 atom stereocenters. The molecule has 2 N–H and O–H groups in total. The standard InChI is InChI=1S/C20H28N4O2/c1-12(2)18-21-17(15-7-5-6-8-24(15)18)19(25)22-16-13-9-23(10-14(13)16)11-20(3,4)26/h5-8,12-14,16,26H,9-11H2,1-4H3,(H,22,25). The van der Waals surface area contributed by atoms with Crippen LogP contribution in [0.3, 0.4) is 0 Å². The van der Waals surface area contributed by atoms with Gasteiger partial charge in [-0.1, -0.05) is 19.9 Å². The van der Waals surface area contributed by atoms with E-state index < -0.39 is 5.60 Å². The third kappa shape index (κ3) is 3.12. The summed E-state index contributed by atoms with van der Waals surface area (Å²) in [7, 11) is 0. The van der Waals surface area contributed by atoms with Gasteiger partial charge in [-0.05, 0) is 37.8 Å². The van der Waals surface area contributed by atoms with Gasteiger partial charge in [-0.3, -0.25) is 9.69 Å². The van der Waals surface area contributed by atoms with Crippen LogP contribution in [0.2, 0.25) is 0 Å². The van der Waals surface area contributed by atoms with Crippen molar-refractivity contribution in [3.63, 3.8) is 0 Å². The molecule has 1 amide bonds. The molecular weight excluding hydrogens is 328 g/mol. The van der Waals surface area contributed by atoms with Crippen LogP contribution in [0.1, 0.15) is 49.9 Å². The number of hydrogen-bond acceptors (Lipinski definition) is 4. The van der Waals surface area contributed by atoms with Gasteiger partial charge in [-0.2, -0.15) is 0 Å². The van der Waals surface area contributed by atoms with Crippen molar-refractivity contribution in [1.29, 1.82) is 0 Å². The number of pyridine rings is 1. The summed E-state index contributed by atoms with van der Waals surface area (Å²) in [6.45, 7) is 10.4. The molecule has 140 valence electrons. The van der Waals surface area contributed by atoms with Crippen LogP contribution in [0.25, 0.3) is 5.52 Å². The van der Waals surface area contributed by atoms with Gasteiger partial charge in [0.05, 0.1) is 11.1 Å². The molecule has 0 spiro atoms. The highest BCUT2D eigenvalue weighted by Gasteiger charge is 2.56. The number of nitrogens with zero attached hydrogens (tertiary/aromatic N) is 3. The number of β-amino-alcohol motifs (C(OH)–C–C–N with tert-alkyl or cyclic N) is 1. The summed E-state index contributed by atoms with van der Waals surface area (Å²) in [4.78, 5) is 19.8. The fourth-order valence-electron chi connectivity index (χ4n) is 4.36. The maximum Gasteiger partial charge on any atom is 0.272 e. The number of amides is 1. The van der Waals surface area contributed by atoms with Gasteiger partial charge in [0.25, 0.3) is 5.91 Å². The third-order valence-electron chi connectivity index (χ3n) is 5.49. The Bertz CT molecular complexity index is 824. The van der Waals surface area contributed by atoms with Gasteiger partial charge in [-0.15, -0.1) is 0 Å². The van der Waals surface area contributed by atoms with Gasteiger partial charge in [0.2, 0.25) is 0 Å². The van der Waals surface area contributed by atoms with E-state index in [1.54, 1.807) is 0 Å². The Labute approximate surface area is 154 Å². The van der Waals surface area contributed by atoms with Crippen molar-refractivity contribution >= 4 is 11.4 Å². The Kier molecular flexibility index (Phi) is 4.08. The minimum atomic E-state index is -0.669. The van der Waals surface area contributed by atoms with E-state index in [9.17, 15) is 9.90 Å². The molecule has 1 aliphatic heterocycles. The molecule has 2 aliphatic rings. The van der Waals surface area contributed by atoms with Crippen molar-refractivity contribution in [1.82, 2.24) is 19.6 Å². The topological polar surface area (TPSA) is 69.9 Å². The van der Waals surface area contributed by atoms with Crippen LogP contribution in [-0.2, 0) is 0 Å². The van der Waals surface area contributed by atoms with Gasteiger partial charge in [0.1, 0.15) is 5.82 Å². The number of likely N-dealkylation sites (tertiary alicyclic amines) is 1. The lowest BCUT2D eigenvalue weighted by atomic mass is 10.1. The number of hydrogen-bond donors (Lipinski definition) is 2. The molecular formula is C20H28N4O2. The maximum absolute atomic E-state index is 12.8. The summed E-state index contributed by atoms with van der Waals surface area (Å²) in [6.07, 6.45) is 1.97. The number of aromatic nitrogens is 2. The molecule has 0 radical (unpaired) electrons. The van der Waals surface area contributed by atoms with E-state index in [4.69, 9.17) is 0 Å². The van der Waals surface area contributed by atoms with Crippen molar-refractivity contribution in [2.75, 3.05) is 19.6 Å². The summed E-state index contributed by atoms with van der Waals surface area (Å²) >= 11 is 0. The Morgan fingerprint density at radius 2 is 2.04 bits per heavy atom. The first-order valence-corrected chi connectivity index (χ1v) is 9.47. The van der Waals surface area contributed by atoms with E-state index in [0.29, 0.717) is 24.1 Å². The van der Waals surface area contributed by atoms with E-state index in [1.807, 2.05) is 42.6 Å². The Balaban J connectivity index is 1.44. The monoisotopic (exact) mass is 356 g/mol. The molecule has 4 rings (SSSR count). The second-order valence-electron chi connectivity index (χ2n) is 8.76. The van der Waals surface area contributed by atoms with E-state index in [0.717, 1.165) is 24.4 Å². The molecule has 0 aromatic carbocycles. The van der Waals surface area contributed by atoms with Gasteiger partial charge in [-0.25, -0.2) is 4.98 Å². The summed E-state index contributed by atoms with van der Waals surface area (Å²) in [5.41, 5.74) is 0.716. The molecule has 26 heavy (non-hydrogen) atoms. The zero-order valence-corrected chi connectivity index (χ0v) is 15.9. The summed E-state index contributed by atoms with van der Waals surface area (Å²) in [5, 5.41) is 13.2. The van der Waals surface area contributed by atoms with Gasteiger partial charge in [0.15, 0.2) is 5.69 Å². The van der Waals surface area contributed by atoms with Gasteiger partial charge >= 0.3 is 0 Å². The van der Waals surface area contributed by atoms with Crippen LogP contribution in [-0.4, -0.2) is 56.6 Å². The van der Waals surface area contributed by atoms with Crippen LogP contribution in [0.5, 0.6) is 0 Å². The number of nitrogens with one attached hydrogen (secondary N) is 1. The average Bonchev–Trinajstić information content (AvgIpc) is 2.93.